The largest absolute Gasteiger partial charge is 0.433 e. The molecular weight excluding hydrogens is 392 g/mol. The van der Waals surface area contributed by atoms with E-state index in [1.165, 1.54) is 6.07 Å². The number of rotatable bonds is 4. The van der Waals surface area contributed by atoms with Crippen molar-refractivity contribution in [2.45, 2.75) is 25.1 Å². The van der Waals surface area contributed by atoms with Gasteiger partial charge in [0.15, 0.2) is 0 Å². The first-order valence-electron chi connectivity index (χ1n) is 8.74. The smallest absolute Gasteiger partial charge is 0.318 e. The third-order valence-corrected chi connectivity index (χ3v) is 4.85. The number of alkyl halides is 3. The molecule has 10 heteroatoms. The van der Waals surface area contributed by atoms with Crippen LogP contribution in [0.2, 0.25) is 0 Å². The second-order valence-corrected chi connectivity index (χ2v) is 6.88. The Kier molecular flexibility index (Phi) is 4.56. The molecule has 0 bridgehead atoms. The molecule has 0 spiro atoms. The summed E-state index contributed by atoms with van der Waals surface area (Å²) in [5.74, 6) is -1.74. The number of carbonyl (C=O) groups excluding carboxylic acids is 2. The van der Waals surface area contributed by atoms with Gasteiger partial charge in [0.25, 0.3) is 5.91 Å². The normalized spacial score (nSPS) is 19.0. The molecule has 1 saturated carbocycles. The Balaban J connectivity index is 1.57. The Bertz CT molecular complexity index is 1100. The number of nitrogens with zero attached hydrogens (tertiary/aromatic N) is 3. The van der Waals surface area contributed by atoms with Gasteiger partial charge in [-0.15, -0.1) is 0 Å². The monoisotopic (exact) mass is 406 g/mol. The number of pyridine rings is 1. The third kappa shape index (κ3) is 3.69. The molecule has 1 aromatic carbocycles. The van der Waals surface area contributed by atoms with Crippen LogP contribution in [0.5, 0.6) is 0 Å². The maximum Gasteiger partial charge on any atom is 0.433 e. The zero-order chi connectivity index (χ0) is 20.8. The Morgan fingerprint density at radius 1 is 1.24 bits per heavy atom. The van der Waals surface area contributed by atoms with Gasteiger partial charge in [0.05, 0.1) is 17.2 Å². The maximum atomic E-state index is 14.4. The molecule has 0 atom stereocenters. The van der Waals surface area contributed by atoms with E-state index in [1.54, 1.807) is 10.9 Å². The molecule has 0 aliphatic heterocycles. The van der Waals surface area contributed by atoms with Crippen molar-refractivity contribution in [2.75, 3.05) is 5.32 Å². The van der Waals surface area contributed by atoms with Crippen LogP contribution in [0, 0.1) is 11.7 Å². The van der Waals surface area contributed by atoms with Crippen molar-refractivity contribution in [3.8, 4) is 0 Å². The van der Waals surface area contributed by atoms with Crippen LogP contribution in [0.15, 0.2) is 36.5 Å². The topological polar surface area (TPSA) is 76.9 Å². The quantitative estimate of drug-likeness (QED) is 0.525. The van der Waals surface area contributed by atoms with Crippen LogP contribution in [0.25, 0.3) is 10.9 Å². The number of amides is 1. The average molecular weight is 406 g/mol. The first kappa shape index (κ1) is 19.0. The van der Waals surface area contributed by atoms with Crippen LogP contribution in [0.3, 0.4) is 0 Å². The van der Waals surface area contributed by atoms with Crippen LogP contribution in [0.1, 0.15) is 35.1 Å². The summed E-state index contributed by atoms with van der Waals surface area (Å²) >= 11 is 0. The molecule has 1 aliphatic rings. The fourth-order valence-corrected chi connectivity index (χ4v) is 3.21. The van der Waals surface area contributed by atoms with Gasteiger partial charge in [-0.1, -0.05) is 6.07 Å². The molecule has 4 rings (SSSR count). The number of hydrogen-bond donors (Lipinski definition) is 1. The fourth-order valence-electron chi connectivity index (χ4n) is 3.21. The summed E-state index contributed by atoms with van der Waals surface area (Å²) in [6, 6.07) is 5.45. The number of carbonyl (C=O) groups is 2. The second kappa shape index (κ2) is 6.94. The van der Waals surface area contributed by atoms with E-state index in [9.17, 15) is 27.2 Å². The number of benzene rings is 1. The van der Waals surface area contributed by atoms with Crippen LogP contribution >= 0.6 is 0 Å². The number of aromatic nitrogens is 3. The molecule has 29 heavy (non-hydrogen) atoms. The summed E-state index contributed by atoms with van der Waals surface area (Å²) in [4.78, 5) is 26.3. The Morgan fingerprint density at radius 2 is 2.00 bits per heavy atom. The first-order valence-corrected chi connectivity index (χ1v) is 8.74. The molecule has 1 aliphatic carbocycles. The van der Waals surface area contributed by atoms with Gasteiger partial charge >= 0.3 is 6.18 Å². The molecule has 2 aromatic heterocycles. The molecular formula is C19H14F4N4O2. The lowest BCUT2D eigenvalue weighted by Gasteiger charge is -2.31. The van der Waals surface area contributed by atoms with Crippen LogP contribution in [-0.2, 0) is 11.0 Å². The number of fused-ring (bicyclic) bond motifs is 1. The van der Waals surface area contributed by atoms with E-state index in [4.69, 9.17) is 0 Å². The van der Waals surface area contributed by atoms with Gasteiger partial charge in [-0.2, -0.15) is 18.3 Å². The van der Waals surface area contributed by atoms with Crippen molar-refractivity contribution in [2.24, 2.45) is 5.92 Å². The van der Waals surface area contributed by atoms with E-state index in [2.05, 4.69) is 15.4 Å². The van der Waals surface area contributed by atoms with Crippen LogP contribution in [-0.4, -0.2) is 27.0 Å². The van der Waals surface area contributed by atoms with Crippen LogP contribution in [0.4, 0.5) is 23.2 Å². The van der Waals surface area contributed by atoms with Gasteiger partial charge in [0.2, 0.25) is 0 Å². The molecule has 150 valence electrons. The van der Waals surface area contributed by atoms with Gasteiger partial charge in [0.1, 0.15) is 23.5 Å². The Morgan fingerprint density at radius 3 is 2.69 bits per heavy atom. The summed E-state index contributed by atoms with van der Waals surface area (Å²) in [6.07, 6.45) is -0.803. The maximum absolute atomic E-state index is 14.4. The van der Waals surface area contributed by atoms with Crippen molar-refractivity contribution in [1.29, 1.82) is 0 Å². The number of nitrogens with one attached hydrogen (secondary N) is 1. The lowest BCUT2D eigenvalue weighted by Crippen LogP contribution is -2.27. The zero-order valence-electron chi connectivity index (χ0n) is 14.8. The van der Waals surface area contributed by atoms with E-state index in [1.807, 2.05) is 0 Å². The third-order valence-electron chi connectivity index (χ3n) is 4.85. The molecule has 0 saturated heterocycles. The van der Waals surface area contributed by atoms with E-state index >= 15 is 0 Å². The Labute approximate surface area is 161 Å². The molecule has 6 nitrogen and oxygen atoms in total. The highest BCUT2D eigenvalue weighted by molar-refractivity contribution is 6.03. The summed E-state index contributed by atoms with van der Waals surface area (Å²) < 4.78 is 54.3. The summed E-state index contributed by atoms with van der Waals surface area (Å²) in [5.41, 5.74) is -1.52. The van der Waals surface area contributed by atoms with Crippen LogP contribution < -0.4 is 5.32 Å². The first-order chi connectivity index (χ1) is 13.7. The minimum atomic E-state index is -4.70. The summed E-state index contributed by atoms with van der Waals surface area (Å²) in [7, 11) is 0. The number of halogens is 4. The standard InChI is InChI=1S/C19H14F4N4O2/c20-13-7-15-11(8-27(26-15)12-4-10(5-12)9-28)6-16(13)25-18(29)14-2-1-3-17(24-14)19(21,22)23/h1-3,6-10,12H,4-5H2,(H,25,29). The van der Waals surface area contributed by atoms with E-state index in [0.29, 0.717) is 23.7 Å². The molecule has 1 fully saturated rings. The average Bonchev–Trinajstić information content (AvgIpc) is 3.02. The summed E-state index contributed by atoms with van der Waals surface area (Å²) in [5, 5.41) is 7.09. The molecule has 3 aromatic rings. The molecule has 2 heterocycles. The van der Waals surface area contributed by atoms with Gasteiger partial charge in [-0.3, -0.25) is 9.48 Å². The van der Waals surface area contributed by atoms with Gasteiger partial charge in [0, 0.05) is 23.6 Å². The van der Waals surface area contributed by atoms with Gasteiger partial charge < -0.3 is 10.1 Å². The van der Waals surface area contributed by atoms with Crippen molar-refractivity contribution in [3.63, 3.8) is 0 Å². The zero-order valence-corrected chi connectivity index (χ0v) is 14.8. The number of hydrogen-bond acceptors (Lipinski definition) is 4. The Hall–Kier alpha value is -3.30. The minimum Gasteiger partial charge on any atom is -0.318 e. The predicted molar refractivity (Wildman–Crippen MR) is 94.7 cm³/mol. The second-order valence-electron chi connectivity index (χ2n) is 6.88. The molecule has 1 N–H and O–H groups in total. The molecule has 1 amide bonds. The number of anilines is 1. The van der Waals surface area contributed by atoms with E-state index in [-0.39, 0.29) is 17.6 Å². The van der Waals surface area contributed by atoms with Gasteiger partial charge in [-0.25, -0.2) is 9.37 Å². The summed E-state index contributed by atoms with van der Waals surface area (Å²) in [6.45, 7) is 0. The molecule has 0 unspecified atom stereocenters. The number of aldehydes is 1. The lowest BCUT2D eigenvalue weighted by molar-refractivity contribution is -0.141. The van der Waals surface area contributed by atoms with E-state index < -0.39 is 29.3 Å². The fraction of sp³-hybridized carbons (Fsp3) is 0.263. The van der Waals surface area contributed by atoms with Crippen molar-refractivity contribution < 1.29 is 27.2 Å². The lowest BCUT2D eigenvalue weighted by atomic mass is 9.81. The van der Waals surface area contributed by atoms with Crippen molar-refractivity contribution >= 4 is 28.8 Å². The highest BCUT2D eigenvalue weighted by atomic mass is 19.4. The van der Waals surface area contributed by atoms with Crippen molar-refractivity contribution in [1.82, 2.24) is 14.8 Å². The van der Waals surface area contributed by atoms with Crippen molar-refractivity contribution in [3.05, 3.63) is 53.7 Å². The van der Waals surface area contributed by atoms with E-state index in [0.717, 1.165) is 30.6 Å². The minimum absolute atomic E-state index is 0.00106. The highest BCUT2D eigenvalue weighted by Crippen LogP contribution is 2.37. The predicted octanol–water partition coefficient (Wildman–Crippen LogP) is 3.99. The molecule has 0 radical (unpaired) electrons. The highest BCUT2D eigenvalue weighted by Gasteiger charge is 2.33. The SMILES string of the molecule is O=CC1CC(n2cc3cc(NC(=O)c4cccc(C(F)(F)F)n4)c(F)cc3n2)C1. The van der Waals surface area contributed by atoms with Gasteiger partial charge in [-0.05, 0) is 31.0 Å².